The van der Waals surface area contributed by atoms with Crippen LogP contribution >= 0.6 is 0 Å². The van der Waals surface area contributed by atoms with Gasteiger partial charge in [0.05, 0.1) is 37.6 Å². The molecule has 48 heavy (non-hydrogen) atoms. The normalized spacial score (nSPS) is 11.0. The number of anilines is 4. The number of primary amides is 1. The van der Waals surface area contributed by atoms with E-state index in [0.717, 1.165) is 22.6 Å². The maximum atomic E-state index is 13.4. The van der Waals surface area contributed by atoms with Gasteiger partial charge in [-0.25, -0.2) is 9.78 Å². The van der Waals surface area contributed by atoms with Gasteiger partial charge in [-0.1, -0.05) is 51.1 Å². The molecule has 11 nitrogen and oxygen atoms in total. The molecule has 3 amide bonds. The second-order valence-corrected chi connectivity index (χ2v) is 12.0. The minimum Gasteiger partial charge on any atom is -0.496 e. The molecule has 11 heteroatoms. The first-order valence-electron chi connectivity index (χ1n) is 15.1. The van der Waals surface area contributed by atoms with E-state index in [1.807, 2.05) is 57.2 Å². The number of pyridine rings is 1. The molecule has 0 saturated heterocycles. The van der Waals surface area contributed by atoms with Crippen LogP contribution in [0.15, 0.2) is 85.1 Å². The largest absolute Gasteiger partial charge is 0.496 e. The number of nitrogens with zero attached hydrogens (tertiary/aromatic N) is 1. The number of ether oxygens (including phenoxy) is 3. The van der Waals surface area contributed by atoms with Crippen molar-refractivity contribution in [2.75, 3.05) is 30.2 Å². The van der Waals surface area contributed by atoms with Gasteiger partial charge in [-0.3, -0.25) is 9.59 Å². The zero-order valence-corrected chi connectivity index (χ0v) is 27.3. The van der Waals surface area contributed by atoms with Crippen LogP contribution in [0, 0.1) is 0 Å². The van der Waals surface area contributed by atoms with Crippen molar-refractivity contribution in [1.29, 1.82) is 0 Å². The van der Waals surface area contributed by atoms with Gasteiger partial charge < -0.3 is 35.9 Å². The van der Waals surface area contributed by atoms with Crippen LogP contribution < -0.4 is 35.9 Å². The van der Waals surface area contributed by atoms with E-state index in [4.69, 9.17) is 19.9 Å². The number of fused-ring (bicyclic) bond motifs is 1. The first-order valence-corrected chi connectivity index (χ1v) is 15.1. The molecule has 0 unspecified atom stereocenters. The number of nitrogens with one attached hydrogen (secondary N) is 3. The first-order chi connectivity index (χ1) is 23.0. The molecule has 0 saturated carbocycles. The second-order valence-electron chi connectivity index (χ2n) is 12.0. The lowest BCUT2D eigenvalue weighted by Crippen LogP contribution is -2.22. The van der Waals surface area contributed by atoms with Crippen molar-refractivity contribution in [3.05, 3.63) is 102 Å². The third-order valence-electron chi connectivity index (χ3n) is 7.57. The van der Waals surface area contributed by atoms with Crippen LogP contribution in [0.4, 0.5) is 27.7 Å². The SMILES string of the molecule is COc1cc(Nc2cc(Oc3ccc(NC(=O)Nc4cc(C(C)(C)C)cc(CC(N)=O)c4OC)c4ccccc34)ccn2)ccc1C=O. The molecular weight excluding hydrogens is 610 g/mol. The van der Waals surface area contributed by atoms with E-state index in [-0.39, 0.29) is 11.8 Å². The summed E-state index contributed by atoms with van der Waals surface area (Å²) in [5.41, 5.74) is 8.85. The highest BCUT2D eigenvalue weighted by Gasteiger charge is 2.22. The number of aromatic nitrogens is 1. The Kier molecular flexibility index (Phi) is 9.79. The Bertz CT molecular complexity index is 2000. The Morgan fingerprint density at radius 1 is 0.854 bits per heavy atom. The summed E-state index contributed by atoms with van der Waals surface area (Å²) in [6, 6.07) is 22.9. The van der Waals surface area contributed by atoms with E-state index in [0.29, 0.717) is 57.0 Å². The van der Waals surface area contributed by atoms with E-state index in [1.165, 1.54) is 14.2 Å². The Balaban J connectivity index is 1.38. The number of hydrogen-bond donors (Lipinski definition) is 4. The first kappa shape index (κ1) is 33.3. The van der Waals surface area contributed by atoms with Crippen molar-refractivity contribution in [2.45, 2.75) is 32.6 Å². The number of rotatable bonds is 11. The highest BCUT2D eigenvalue weighted by Crippen LogP contribution is 2.37. The molecule has 0 fully saturated rings. The summed E-state index contributed by atoms with van der Waals surface area (Å²) in [6.07, 6.45) is 2.32. The smallest absolute Gasteiger partial charge is 0.323 e. The van der Waals surface area contributed by atoms with Gasteiger partial charge in [0, 0.05) is 40.4 Å². The minimum atomic E-state index is -0.506. The zero-order chi connectivity index (χ0) is 34.4. The van der Waals surface area contributed by atoms with Crippen LogP contribution in [-0.2, 0) is 16.6 Å². The summed E-state index contributed by atoms with van der Waals surface area (Å²) >= 11 is 0. The highest BCUT2D eigenvalue weighted by atomic mass is 16.5. The van der Waals surface area contributed by atoms with Crippen molar-refractivity contribution in [3.63, 3.8) is 0 Å². The molecule has 0 aliphatic rings. The van der Waals surface area contributed by atoms with Crippen molar-refractivity contribution in [2.24, 2.45) is 5.73 Å². The fourth-order valence-electron chi connectivity index (χ4n) is 5.22. The number of benzene rings is 4. The highest BCUT2D eigenvalue weighted by molar-refractivity contribution is 6.08. The van der Waals surface area contributed by atoms with E-state index >= 15 is 0 Å². The molecule has 1 aromatic heterocycles. The molecule has 0 bridgehead atoms. The number of carbonyl (C=O) groups excluding carboxylic acids is 3. The molecule has 0 atom stereocenters. The van der Waals surface area contributed by atoms with Crippen LogP contribution in [0.5, 0.6) is 23.0 Å². The predicted octanol–water partition coefficient (Wildman–Crippen LogP) is 7.57. The monoisotopic (exact) mass is 647 g/mol. The standard InChI is InChI=1S/C37H37N5O6/c1-37(2,3)24-16-23(17-33(38)44)35(47-5)30(18-24)42-36(45)41-29-12-13-31(28-9-7-6-8-27(28)29)48-26-14-15-39-34(20-26)40-25-11-10-22(21-43)32(19-25)46-4/h6-16,18-21H,17H2,1-5H3,(H2,38,44)(H,39,40)(H2,41,42,45). The molecule has 1 heterocycles. The van der Waals surface area contributed by atoms with E-state index < -0.39 is 11.9 Å². The molecule has 5 N–H and O–H groups in total. The van der Waals surface area contributed by atoms with Gasteiger partial charge >= 0.3 is 6.03 Å². The molecule has 0 radical (unpaired) electrons. The van der Waals surface area contributed by atoms with Gasteiger partial charge in [-0.2, -0.15) is 0 Å². The number of amides is 3. The maximum absolute atomic E-state index is 13.4. The van der Waals surface area contributed by atoms with Gasteiger partial charge in [-0.05, 0) is 47.4 Å². The molecule has 0 spiro atoms. The number of carbonyl (C=O) groups is 3. The third-order valence-corrected chi connectivity index (χ3v) is 7.57. The van der Waals surface area contributed by atoms with Crippen molar-refractivity contribution in [3.8, 4) is 23.0 Å². The van der Waals surface area contributed by atoms with Gasteiger partial charge in [0.25, 0.3) is 0 Å². The average molecular weight is 648 g/mol. The van der Waals surface area contributed by atoms with Crippen LogP contribution in [0.1, 0.15) is 42.3 Å². The van der Waals surface area contributed by atoms with Crippen LogP contribution in [0.25, 0.3) is 10.8 Å². The quantitative estimate of drug-likeness (QED) is 0.107. The van der Waals surface area contributed by atoms with Gasteiger partial charge in [-0.15, -0.1) is 0 Å². The summed E-state index contributed by atoms with van der Waals surface area (Å²) in [6.45, 7) is 6.12. The fourth-order valence-corrected chi connectivity index (χ4v) is 5.22. The topological polar surface area (TPSA) is 154 Å². The molecule has 246 valence electrons. The molecular formula is C37H37N5O6. The number of urea groups is 1. The Labute approximate surface area is 278 Å². The summed E-state index contributed by atoms with van der Waals surface area (Å²) in [4.78, 5) is 40.8. The molecule has 5 rings (SSSR count). The summed E-state index contributed by atoms with van der Waals surface area (Å²) in [5.74, 6) is 1.94. The minimum absolute atomic E-state index is 0.0340. The third kappa shape index (κ3) is 7.64. The Hall–Kier alpha value is -6.10. The van der Waals surface area contributed by atoms with Crippen molar-refractivity contribution < 1.29 is 28.6 Å². The lowest BCUT2D eigenvalue weighted by atomic mass is 9.85. The van der Waals surface area contributed by atoms with E-state index in [2.05, 4.69) is 20.9 Å². The Morgan fingerprint density at radius 3 is 2.29 bits per heavy atom. The maximum Gasteiger partial charge on any atom is 0.323 e. The molecule has 0 aliphatic heterocycles. The van der Waals surface area contributed by atoms with Gasteiger partial charge in [0.1, 0.15) is 28.8 Å². The molecule has 5 aromatic rings. The lowest BCUT2D eigenvalue weighted by molar-refractivity contribution is -0.117. The average Bonchev–Trinajstić information content (AvgIpc) is 3.05. The Morgan fingerprint density at radius 2 is 1.60 bits per heavy atom. The number of methoxy groups -OCH3 is 2. The van der Waals surface area contributed by atoms with Crippen LogP contribution in [0.3, 0.4) is 0 Å². The summed E-state index contributed by atoms with van der Waals surface area (Å²) in [7, 11) is 2.99. The summed E-state index contributed by atoms with van der Waals surface area (Å²) < 4.78 is 17.2. The van der Waals surface area contributed by atoms with E-state index in [1.54, 1.807) is 48.7 Å². The fraction of sp³-hybridized carbons (Fsp3) is 0.189. The lowest BCUT2D eigenvalue weighted by Gasteiger charge is -2.23. The molecule has 4 aromatic carbocycles. The second kappa shape index (κ2) is 14.1. The number of aldehydes is 1. The number of nitrogens with two attached hydrogens (primary N) is 1. The van der Waals surface area contributed by atoms with Crippen LogP contribution in [-0.4, -0.2) is 37.4 Å². The van der Waals surface area contributed by atoms with Crippen molar-refractivity contribution in [1.82, 2.24) is 4.98 Å². The van der Waals surface area contributed by atoms with E-state index in [9.17, 15) is 14.4 Å². The zero-order valence-electron chi connectivity index (χ0n) is 27.3. The van der Waals surface area contributed by atoms with Crippen molar-refractivity contribution >= 4 is 51.9 Å². The predicted molar refractivity (Wildman–Crippen MR) is 187 cm³/mol. The van der Waals surface area contributed by atoms with Gasteiger partial charge in [0.2, 0.25) is 5.91 Å². The number of hydrogen-bond acceptors (Lipinski definition) is 8. The molecule has 0 aliphatic carbocycles. The van der Waals surface area contributed by atoms with Gasteiger partial charge in [0.15, 0.2) is 6.29 Å². The van der Waals surface area contributed by atoms with Crippen LogP contribution in [0.2, 0.25) is 0 Å². The summed E-state index contributed by atoms with van der Waals surface area (Å²) in [5, 5.41) is 10.6.